The highest BCUT2D eigenvalue weighted by atomic mass is 19.1. The monoisotopic (exact) mass is 297 g/mol. The number of amides is 1. The SMILES string of the molecule is CC(C)(C)OC(=O)N1CCC[C@@H](Oc2ncc(F)cn2)C1. The van der Waals surface area contributed by atoms with Crippen molar-refractivity contribution in [2.45, 2.75) is 45.3 Å². The average molecular weight is 297 g/mol. The highest BCUT2D eigenvalue weighted by Gasteiger charge is 2.28. The summed E-state index contributed by atoms with van der Waals surface area (Å²) < 4.78 is 23.7. The van der Waals surface area contributed by atoms with Crippen LogP contribution in [-0.4, -0.2) is 45.8 Å². The van der Waals surface area contributed by atoms with Crippen LogP contribution >= 0.6 is 0 Å². The second-order valence-corrected chi connectivity index (χ2v) is 5.99. The zero-order valence-electron chi connectivity index (χ0n) is 12.5. The molecule has 1 aromatic heterocycles. The van der Waals surface area contributed by atoms with Crippen molar-refractivity contribution in [2.75, 3.05) is 13.1 Å². The lowest BCUT2D eigenvalue weighted by Crippen LogP contribution is -2.46. The van der Waals surface area contributed by atoms with Crippen LogP contribution in [0.1, 0.15) is 33.6 Å². The van der Waals surface area contributed by atoms with Crippen molar-refractivity contribution in [3.05, 3.63) is 18.2 Å². The van der Waals surface area contributed by atoms with Crippen LogP contribution in [0.5, 0.6) is 6.01 Å². The van der Waals surface area contributed by atoms with E-state index in [2.05, 4.69) is 9.97 Å². The predicted octanol–water partition coefficient (Wildman–Crippen LogP) is 2.39. The van der Waals surface area contributed by atoms with E-state index in [1.807, 2.05) is 20.8 Å². The highest BCUT2D eigenvalue weighted by molar-refractivity contribution is 5.68. The minimum atomic E-state index is -0.523. The summed E-state index contributed by atoms with van der Waals surface area (Å²) in [4.78, 5) is 21.2. The van der Waals surface area contributed by atoms with E-state index in [0.717, 1.165) is 25.2 Å². The number of hydrogen-bond donors (Lipinski definition) is 0. The second-order valence-electron chi connectivity index (χ2n) is 5.99. The minimum Gasteiger partial charge on any atom is -0.458 e. The molecule has 1 saturated heterocycles. The summed E-state index contributed by atoms with van der Waals surface area (Å²) in [6.45, 7) is 6.54. The first-order valence-corrected chi connectivity index (χ1v) is 6.95. The summed E-state index contributed by atoms with van der Waals surface area (Å²) in [6, 6.07) is 0.118. The van der Waals surface area contributed by atoms with Gasteiger partial charge in [0.1, 0.15) is 11.7 Å². The highest BCUT2D eigenvalue weighted by Crippen LogP contribution is 2.18. The maximum Gasteiger partial charge on any atom is 0.410 e. The van der Waals surface area contributed by atoms with Crippen LogP contribution < -0.4 is 4.74 Å². The summed E-state index contributed by atoms with van der Waals surface area (Å²) in [5.74, 6) is -0.513. The first-order valence-electron chi connectivity index (χ1n) is 6.95. The summed E-state index contributed by atoms with van der Waals surface area (Å²) in [5.41, 5.74) is -0.523. The summed E-state index contributed by atoms with van der Waals surface area (Å²) in [7, 11) is 0. The van der Waals surface area contributed by atoms with E-state index in [4.69, 9.17) is 9.47 Å². The summed E-state index contributed by atoms with van der Waals surface area (Å²) >= 11 is 0. The number of ether oxygens (including phenoxy) is 2. The van der Waals surface area contributed by atoms with Crippen LogP contribution in [0.3, 0.4) is 0 Å². The van der Waals surface area contributed by atoms with Gasteiger partial charge in [0.25, 0.3) is 0 Å². The van der Waals surface area contributed by atoms with Gasteiger partial charge < -0.3 is 14.4 Å². The molecule has 21 heavy (non-hydrogen) atoms. The standard InChI is InChI=1S/C14H20FN3O3/c1-14(2,3)21-13(19)18-6-4-5-11(9-18)20-12-16-7-10(15)8-17-12/h7-8,11H,4-6,9H2,1-3H3/t11-/m1/s1. The lowest BCUT2D eigenvalue weighted by atomic mass is 10.1. The third-order valence-corrected chi connectivity index (χ3v) is 2.90. The minimum absolute atomic E-state index is 0.118. The van der Waals surface area contributed by atoms with Crippen molar-refractivity contribution in [3.63, 3.8) is 0 Å². The quantitative estimate of drug-likeness (QED) is 0.838. The Morgan fingerprint density at radius 3 is 2.67 bits per heavy atom. The molecule has 7 heteroatoms. The Labute approximate surface area is 123 Å². The van der Waals surface area contributed by atoms with Crippen LogP contribution in [0.25, 0.3) is 0 Å². The third-order valence-electron chi connectivity index (χ3n) is 2.90. The summed E-state index contributed by atoms with van der Waals surface area (Å²) in [5, 5.41) is 0. The Hall–Kier alpha value is -1.92. The molecule has 0 saturated carbocycles. The fraction of sp³-hybridized carbons (Fsp3) is 0.643. The number of carbonyl (C=O) groups is 1. The molecule has 0 N–H and O–H groups in total. The second kappa shape index (κ2) is 6.24. The third kappa shape index (κ3) is 4.84. The average Bonchev–Trinajstić information content (AvgIpc) is 2.40. The van der Waals surface area contributed by atoms with Crippen LogP contribution in [0.15, 0.2) is 12.4 Å². The molecule has 2 rings (SSSR count). The molecule has 0 unspecified atom stereocenters. The van der Waals surface area contributed by atoms with Crippen LogP contribution in [0, 0.1) is 5.82 Å². The van der Waals surface area contributed by atoms with E-state index in [1.165, 1.54) is 0 Å². The first kappa shape index (κ1) is 15.5. The Morgan fingerprint density at radius 2 is 2.05 bits per heavy atom. The number of nitrogens with zero attached hydrogens (tertiary/aromatic N) is 3. The van der Waals surface area contributed by atoms with Crippen molar-refractivity contribution in [1.29, 1.82) is 0 Å². The number of rotatable bonds is 2. The van der Waals surface area contributed by atoms with Gasteiger partial charge in [-0.05, 0) is 33.6 Å². The van der Waals surface area contributed by atoms with E-state index in [1.54, 1.807) is 4.90 Å². The van der Waals surface area contributed by atoms with Gasteiger partial charge in [-0.15, -0.1) is 0 Å². The van der Waals surface area contributed by atoms with Crippen LogP contribution in [0.2, 0.25) is 0 Å². The van der Waals surface area contributed by atoms with Crippen molar-refractivity contribution >= 4 is 6.09 Å². The van der Waals surface area contributed by atoms with Gasteiger partial charge in [-0.1, -0.05) is 0 Å². The smallest absolute Gasteiger partial charge is 0.410 e. The number of piperidine rings is 1. The van der Waals surface area contributed by atoms with Gasteiger partial charge in [-0.25, -0.2) is 19.2 Å². The molecule has 0 aliphatic carbocycles. The van der Waals surface area contributed by atoms with E-state index in [-0.39, 0.29) is 18.2 Å². The van der Waals surface area contributed by atoms with E-state index in [0.29, 0.717) is 13.1 Å². The Bertz CT molecular complexity index is 487. The Balaban J connectivity index is 1.91. The lowest BCUT2D eigenvalue weighted by Gasteiger charge is -2.33. The van der Waals surface area contributed by atoms with Crippen molar-refractivity contribution in [2.24, 2.45) is 0 Å². The van der Waals surface area contributed by atoms with E-state index < -0.39 is 11.4 Å². The fourth-order valence-corrected chi connectivity index (χ4v) is 2.04. The van der Waals surface area contributed by atoms with Crippen molar-refractivity contribution in [3.8, 4) is 6.01 Å². The molecular formula is C14H20FN3O3. The van der Waals surface area contributed by atoms with Gasteiger partial charge in [0.15, 0.2) is 5.82 Å². The Kier molecular flexibility index (Phi) is 4.59. The zero-order valence-corrected chi connectivity index (χ0v) is 12.5. The van der Waals surface area contributed by atoms with Crippen LogP contribution in [-0.2, 0) is 4.74 Å². The predicted molar refractivity (Wildman–Crippen MR) is 73.4 cm³/mol. The van der Waals surface area contributed by atoms with Gasteiger partial charge in [0.2, 0.25) is 0 Å². The van der Waals surface area contributed by atoms with Crippen molar-refractivity contribution in [1.82, 2.24) is 14.9 Å². The van der Waals surface area contributed by atoms with Gasteiger partial charge >= 0.3 is 12.1 Å². The Morgan fingerprint density at radius 1 is 1.38 bits per heavy atom. The molecule has 0 radical (unpaired) electrons. The lowest BCUT2D eigenvalue weighted by molar-refractivity contribution is 0.00658. The number of likely N-dealkylation sites (tertiary alicyclic amines) is 1. The zero-order chi connectivity index (χ0) is 15.5. The molecule has 1 aliphatic heterocycles. The molecule has 1 aromatic rings. The first-order chi connectivity index (χ1) is 9.83. The van der Waals surface area contributed by atoms with Gasteiger partial charge in [-0.2, -0.15) is 0 Å². The summed E-state index contributed by atoms with van der Waals surface area (Å²) in [6.07, 6.45) is 3.14. The molecular weight excluding hydrogens is 277 g/mol. The largest absolute Gasteiger partial charge is 0.458 e. The molecule has 2 heterocycles. The van der Waals surface area contributed by atoms with Gasteiger partial charge in [-0.3, -0.25) is 0 Å². The molecule has 116 valence electrons. The maximum absolute atomic E-state index is 12.7. The normalized spacial score (nSPS) is 19.2. The number of hydrogen-bond acceptors (Lipinski definition) is 5. The molecule has 6 nitrogen and oxygen atoms in total. The van der Waals surface area contributed by atoms with Crippen molar-refractivity contribution < 1.29 is 18.7 Å². The number of aromatic nitrogens is 2. The molecule has 0 spiro atoms. The van der Waals surface area contributed by atoms with Gasteiger partial charge in [0.05, 0.1) is 18.9 Å². The number of halogens is 1. The maximum atomic E-state index is 12.7. The molecule has 1 atom stereocenters. The topological polar surface area (TPSA) is 64.5 Å². The van der Waals surface area contributed by atoms with E-state index >= 15 is 0 Å². The molecule has 1 fully saturated rings. The number of carbonyl (C=O) groups excluding carboxylic acids is 1. The van der Waals surface area contributed by atoms with Crippen LogP contribution in [0.4, 0.5) is 9.18 Å². The fourth-order valence-electron chi connectivity index (χ4n) is 2.04. The van der Waals surface area contributed by atoms with Gasteiger partial charge in [0, 0.05) is 6.54 Å². The molecule has 1 amide bonds. The van der Waals surface area contributed by atoms with E-state index in [9.17, 15) is 9.18 Å². The molecule has 0 aromatic carbocycles. The molecule has 1 aliphatic rings. The molecule has 0 bridgehead atoms.